The molecule has 0 unspecified atom stereocenters. The number of aryl methyl sites for hydroxylation is 1. The third-order valence-electron chi connectivity index (χ3n) is 6.81. The van der Waals surface area contributed by atoms with Crippen molar-refractivity contribution in [2.24, 2.45) is 0 Å². The van der Waals surface area contributed by atoms with E-state index in [9.17, 15) is 0 Å². The summed E-state index contributed by atoms with van der Waals surface area (Å²) >= 11 is 0. The van der Waals surface area contributed by atoms with Crippen molar-refractivity contribution in [2.75, 3.05) is 132 Å². The molecule has 0 radical (unpaired) electrons. The summed E-state index contributed by atoms with van der Waals surface area (Å²) in [6, 6.07) is 10.2. The predicted octanol–water partition coefficient (Wildman–Crippen LogP) is 2.84. The number of aromatic nitrogens is 1. The van der Waals surface area contributed by atoms with Gasteiger partial charge < -0.3 is 47.6 Å². The molecule has 1 aliphatic heterocycles. The maximum absolute atomic E-state index is 6.34. The summed E-state index contributed by atoms with van der Waals surface area (Å²) in [5, 5.41) is 4.40. The van der Waals surface area contributed by atoms with Gasteiger partial charge in [-0.3, -0.25) is 0 Å². The fraction of sp³-hybridized carbons (Fsp3) is 0.636. The lowest BCUT2D eigenvalue weighted by atomic mass is 10.1. The smallest absolute Gasteiger partial charge is 0.203 e. The zero-order chi connectivity index (χ0) is 32.0. The third-order valence-corrected chi connectivity index (χ3v) is 6.81. The third kappa shape index (κ3) is 14.1. The second-order valence-electron chi connectivity index (χ2n) is 10.2. The Balaban J connectivity index is 1.58. The highest BCUT2D eigenvalue weighted by atomic mass is 16.6. The van der Waals surface area contributed by atoms with Gasteiger partial charge in [0.2, 0.25) is 5.36 Å². The van der Waals surface area contributed by atoms with Crippen molar-refractivity contribution < 1.29 is 42.3 Å². The summed E-state index contributed by atoms with van der Waals surface area (Å²) < 4.78 is 52.3. The normalized spacial score (nSPS) is 11.6. The van der Waals surface area contributed by atoms with E-state index in [0.29, 0.717) is 106 Å². The second kappa shape index (κ2) is 22.8. The van der Waals surface area contributed by atoms with Crippen LogP contribution in [0.4, 0.5) is 5.69 Å². The number of ether oxygens (including phenoxy) is 8. The summed E-state index contributed by atoms with van der Waals surface area (Å²) in [5.41, 5.74) is 4.57. The van der Waals surface area contributed by atoms with E-state index in [-0.39, 0.29) is 0 Å². The van der Waals surface area contributed by atoms with Crippen LogP contribution in [0.25, 0.3) is 22.6 Å². The van der Waals surface area contributed by atoms with Crippen molar-refractivity contribution in [3.63, 3.8) is 0 Å². The number of hydrogen-bond donors (Lipinski definition) is 1. The van der Waals surface area contributed by atoms with Crippen LogP contribution >= 0.6 is 0 Å². The molecule has 0 saturated carbocycles. The molecule has 12 heteroatoms. The first-order valence-corrected chi connectivity index (χ1v) is 15.8. The minimum Gasteiger partial charge on any atom is -0.452 e. The molecule has 252 valence electrons. The maximum Gasteiger partial charge on any atom is 0.203 e. The van der Waals surface area contributed by atoms with Crippen molar-refractivity contribution in [2.45, 2.75) is 13.8 Å². The minimum absolute atomic E-state index is 0.505. The molecular formula is C33H52N3O9+. The molecule has 1 N–H and O–H groups in total. The van der Waals surface area contributed by atoms with E-state index >= 15 is 0 Å². The molecule has 1 heterocycles. The number of hydrogen-bond acceptors (Lipinski definition) is 11. The molecule has 12 nitrogen and oxygen atoms in total. The Morgan fingerprint density at radius 3 is 1.69 bits per heavy atom. The average molecular weight is 635 g/mol. The monoisotopic (exact) mass is 634 g/mol. The number of nitrogens with zero attached hydrogens (tertiary/aromatic N) is 2. The molecular weight excluding hydrogens is 582 g/mol. The van der Waals surface area contributed by atoms with Gasteiger partial charge in [0, 0.05) is 38.6 Å². The van der Waals surface area contributed by atoms with Gasteiger partial charge in [-0.15, -0.1) is 0 Å². The van der Waals surface area contributed by atoms with Crippen LogP contribution in [0.1, 0.15) is 12.5 Å². The lowest BCUT2D eigenvalue weighted by molar-refractivity contribution is 0.00118. The van der Waals surface area contributed by atoms with Crippen molar-refractivity contribution in [3.8, 4) is 11.5 Å². The summed E-state index contributed by atoms with van der Waals surface area (Å²) in [6.45, 7) is 13.9. The van der Waals surface area contributed by atoms with Gasteiger partial charge in [0.15, 0.2) is 24.4 Å². The van der Waals surface area contributed by atoms with Crippen molar-refractivity contribution in [1.82, 2.24) is 9.56 Å². The number of rotatable bonds is 26. The van der Waals surface area contributed by atoms with Crippen LogP contribution < -0.4 is 15.2 Å². The fourth-order valence-corrected chi connectivity index (χ4v) is 4.43. The summed E-state index contributed by atoms with van der Waals surface area (Å²) in [4.78, 5) is 4.86. The first-order chi connectivity index (χ1) is 22.2. The minimum atomic E-state index is 0.505. The van der Waals surface area contributed by atoms with Crippen molar-refractivity contribution in [1.29, 1.82) is 0 Å². The molecule has 0 amide bonds. The first-order valence-electron chi connectivity index (χ1n) is 15.8. The zero-order valence-corrected chi connectivity index (χ0v) is 27.5. The van der Waals surface area contributed by atoms with Crippen LogP contribution in [-0.4, -0.2) is 131 Å². The molecule has 0 bridgehead atoms. The molecule has 0 aromatic heterocycles. The Labute approximate surface area is 266 Å². The highest BCUT2D eigenvalue weighted by molar-refractivity contribution is 5.81. The van der Waals surface area contributed by atoms with Gasteiger partial charge in [0.25, 0.3) is 0 Å². The Kier molecular flexibility index (Phi) is 18.6. The van der Waals surface area contributed by atoms with E-state index in [2.05, 4.69) is 35.9 Å². The van der Waals surface area contributed by atoms with Gasteiger partial charge >= 0.3 is 0 Å². The quantitative estimate of drug-likeness (QED) is 0.0799. The Hall–Kier alpha value is -2.68. The summed E-state index contributed by atoms with van der Waals surface area (Å²) in [7, 11) is 3.31. The predicted molar refractivity (Wildman–Crippen MR) is 173 cm³/mol. The highest BCUT2D eigenvalue weighted by Gasteiger charge is 2.14. The van der Waals surface area contributed by atoms with E-state index in [1.807, 2.05) is 18.2 Å². The van der Waals surface area contributed by atoms with E-state index in [1.54, 1.807) is 14.2 Å². The molecule has 0 saturated heterocycles. The molecule has 1 aromatic carbocycles. The molecule has 1 aliphatic carbocycles. The molecule has 0 spiro atoms. The molecule has 1 aromatic rings. The van der Waals surface area contributed by atoms with Crippen LogP contribution in [-0.2, 0) is 37.9 Å². The van der Waals surface area contributed by atoms with Crippen LogP contribution in [0.2, 0.25) is 0 Å². The summed E-state index contributed by atoms with van der Waals surface area (Å²) in [5.74, 6) is 0.723. The van der Waals surface area contributed by atoms with Crippen molar-refractivity contribution in [3.05, 3.63) is 41.3 Å². The van der Waals surface area contributed by atoms with Crippen molar-refractivity contribution >= 4 is 16.8 Å². The van der Waals surface area contributed by atoms with Gasteiger partial charge in [0.1, 0.15) is 24.4 Å². The van der Waals surface area contributed by atoms with Crippen LogP contribution in [0.15, 0.2) is 34.7 Å². The average Bonchev–Trinajstić information content (AvgIpc) is 3.04. The Bertz CT molecular complexity index is 1230. The standard InChI is InChI=1S/C33H51N3O9/c1-5-34-30-26-33-31(24-27(30)2)35-29-7-6-28(25-32(29)45-33)36(8-10-39-16-18-43-22-20-41-14-12-37-3)9-11-40-17-19-44-23-21-42-15-13-38-4/h6-7,24-26H,5,8-23H2,1-4H3/p+1. The van der Waals surface area contributed by atoms with Crippen LogP contribution in [0.5, 0.6) is 0 Å². The molecule has 45 heavy (non-hydrogen) atoms. The van der Waals surface area contributed by atoms with Gasteiger partial charge in [-0.05, 0) is 31.5 Å². The number of benzene rings is 2. The van der Waals surface area contributed by atoms with E-state index < -0.39 is 0 Å². The largest absolute Gasteiger partial charge is 0.452 e. The molecule has 0 atom stereocenters. The Morgan fingerprint density at radius 1 is 0.667 bits per heavy atom. The number of methoxy groups -OCH3 is 2. The SMILES string of the molecule is CCNc1cc2oc3cc(=[N+](CCOCCOCCOCCOC)CCOCCOCCOCCOC)ccc-3nc2cc1C. The number of fused-ring (bicyclic) bond motifs is 2. The first kappa shape index (κ1) is 36.8. The lowest BCUT2D eigenvalue weighted by Crippen LogP contribution is -2.36. The Morgan fingerprint density at radius 2 is 1.18 bits per heavy atom. The van der Waals surface area contributed by atoms with E-state index in [1.165, 1.54) is 0 Å². The lowest BCUT2D eigenvalue weighted by Gasteiger charge is -2.11. The highest BCUT2D eigenvalue weighted by Crippen LogP contribution is 2.27. The maximum atomic E-state index is 6.34. The zero-order valence-electron chi connectivity index (χ0n) is 27.5. The second-order valence-corrected chi connectivity index (χ2v) is 10.2. The van der Waals surface area contributed by atoms with Gasteiger partial charge in [-0.25, -0.2) is 9.56 Å². The van der Waals surface area contributed by atoms with Gasteiger partial charge in [-0.1, -0.05) is 0 Å². The number of nitrogens with one attached hydrogen (secondary N) is 1. The molecule has 0 fully saturated rings. The van der Waals surface area contributed by atoms with E-state index in [4.69, 9.17) is 47.3 Å². The molecule has 2 aliphatic rings. The molecule has 3 rings (SSSR count). The summed E-state index contributed by atoms with van der Waals surface area (Å²) in [6.07, 6.45) is 0. The fourth-order valence-electron chi connectivity index (χ4n) is 4.43. The van der Waals surface area contributed by atoms with Gasteiger partial charge in [0.05, 0.1) is 85.3 Å². The van der Waals surface area contributed by atoms with E-state index in [0.717, 1.165) is 45.7 Å². The topological polar surface area (TPSA) is 115 Å². The van der Waals surface area contributed by atoms with Gasteiger partial charge in [-0.2, -0.15) is 0 Å². The number of anilines is 1. The van der Waals surface area contributed by atoms with Crippen LogP contribution in [0.3, 0.4) is 0 Å². The van der Waals surface area contributed by atoms with Crippen LogP contribution in [0, 0.1) is 6.92 Å².